The van der Waals surface area contributed by atoms with Crippen LogP contribution >= 0.6 is 0 Å². The third kappa shape index (κ3) is 3.44. The van der Waals surface area contributed by atoms with E-state index in [-0.39, 0.29) is 0 Å². The fourth-order valence-corrected chi connectivity index (χ4v) is 3.49. The third-order valence-corrected chi connectivity index (χ3v) is 5.83. The van der Waals surface area contributed by atoms with Gasteiger partial charge in [-0.1, -0.05) is 6.07 Å². The summed E-state index contributed by atoms with van der Waals surface area (Å²) in [6, 6.07) is 8.13. The van der Waals surface area contributed by atoms with Crippen molar-refractivity contribution in [1.29, 1.82) is 5.26 Å². The van der Waals surface area contributed by atoms with Crippen LogP contribution in [0.15, 0.2) is 18.2 Å². The molecule has 2 aliphatic carbocycles. The van der Waals surface area contributed by atoms with Gasteiger partial charge in [-0.05, 0) is 69.1 Å². The van der Waals surface area contributed by atoms with Crippen LogP contribution in [-0.4, -0.2) is 24.8 Å². The molecule has 2 saturated carbocycles. The van der Waals surface area contributed by atoms with Crippen molar-refractivity contribution in [2.24, 2.45) is 11.3 Å². The monoisotopic (exact) mass is 343 g/mol. The minimum absolute atomic E-state index is 0.500. The van der Waals surface area contributed by atoms with Gasteiger partial charge in [-0.25, -0.2) is 0 Å². The zero-order chi connectivity index (χ0) is 18.1. The minimum Gasteiger partial charge on any atom is -0.493 e. The Labute approximate surface area is 148 Å². The van der Waals surface area contributed by atoms with E-state index in [4.69, 9.17) is 9.47 Å². The van der Waals surface area contributed by atoms with Crippen LogP contribution in [0.25, 0.3) is 0 Å². The van der Waals surface area contributed by atoms with Crippen LogP contribution in [0.4, 0.5) is 0 Å². The van der Waals surface area contributed by atoms with E-state index in [1.807, 2.05) is 18.2 Å². The minimum atomic E-state index is -0.776. The van der Waals surface area contributed by atoms with E-state index in [0.717, 1.165) is 5.56 Å². The van der Waals surface area contributed by atoms with Gasteiger partial charge in [-0.2, -0.15) is 5.26 Å². The molecule has 0 bridgehead atoms. The summed E-state index contributed by atoms with van der Waals surface area (Å²) in [5.74, 6) is 1.20. The van der Waals surface area contributed by atoms with Crippen LogP contribution in [0, 0.1) is 22.7 Å². The van der Waals surface area contributed by atoms with Gasteiger partial charge < -0.3 is 14.6 Å². The summed E-state index contributed by atoms with van der Waals surface area (Å²) in [6.45, 7) is 2.45. The van der Waals surface area contributed by atoms with Gasteiger partial charge >= 0.3 is 5.97 Å². The number of hydrogen-bond donors (Lipinski definition) is 1. The average Bonchev–Trinajstić information content (AvgIpc) is 3.45. The molecule has 0 amide bonds. The number of aliphatic carboxylic acids is 1. The van der Waals surface area contributed by atoms with Crippen molar-refractivity contribution in [3.05, 3.63) is 23.8 Å². The first-order chi connectivity index (χ1) is 11.9. The van der Waals surface area contributed by atoms with E-state index in [1.54, 1.807) is 14.0 Å². The number of rotatable bonds is 6. The molecule has 2 aliphatic rings. The summed E-state index contributed by atoms with van der Waals surface area (Å²) in [5, 5.41) is 19.3. The normalized spacial score (nSPS) is 28.8. The lowest BCUT2D eigenvalue weighted by molar-refractivity contribution is -0.150. The Morgan fingerprint density at radius 3 is 2.48 bits per heavy atom. The van der Waals surface area contributed by atoms with E-state index < -0.39 is 16.8 Å². The molecule has 0 atom stereocenters. The number of carboxylic acids is 1. The highest BCUT2D eigenvalue weighted by atomic mass is 16.5. The predicted molar refractivity (Wildman–Crippen MR) is 92.7 cm³/mol. The van der Waals surface area contributed by atoms with Crippen LogP contribution in [0.5, 0.6) is 11.5 Å². The molecule has 1 aromatic carbocycles. The van der Waals surface area contributed by atoms with Crippen molar-refractivity contribution in [1.82, 2.24) is 0 Å². The summed E-state index contributed by atoms with van der Waals surface area (Å²) in [7, 11) is 1.61. The van der Waals surface area contributed by atoms with Gasteiger partial charge in [-0.3, -0.25) is 4.79 Å². The first-order valence-electron chi connectivity index (χ1n) is 8.88. The van der Waals surface area contributed by atoms with Crippen molar-refractivity contribution in [2.45, 2.75) is 50.9 Å². The van der Waals surface area contributed by atoms with Gasteiger partial charge in [0.2, 0.25) is 0 Å². The Balaban J connectivity index is 1.84. The SMILES string of the molecule is COc1ccc([C@]2(C#N)CC[C@@](C)(C(=O)O)CC2)cc1OCC1CC1. The highest BCUT2D eigenvalue weighted by molar-refractivity contribution is 5.74. The Hall–Kier alpha value is -2.22. The van der Waals surface area contributed by atoms with Gasteiger partial charge in [-0.15, -0.1) is 0 Å². The summed E-state index contributed by atoms with van der Waals surface area (Å²) in [4.78, 5) is 11.5. The molecule has 0 unspecified atom stereocenters. The molecule has 25 heavy (non-hydrogen) atoms. The van der Waals surface area contributed by atoms with Crippen molar-refractivity contribution in [3.8, 4) is 17.6 Å². The number of methoxy groups -OCH3 is 1. The van der Waals surface area contributed by atoms with Crippen molar-refractivity contribution >= 4 is 5.97 Å². The fraction of sp³-hybridized carbons (Fsp3) is 0.600. The number of carboxylic acid groups (broad SMARTS) is 1. The highest BCUT2D eigenvalue weighted by Gasteiger charge is 2.45. The molecule has 0 aromatic heterocycles. The first kappa shape index (κ1) is 17.6. The van der Waals surface area contributed by atoms with Gasteiger partial charge in [0, 0.05) is 0 Å². The zero-order valence-corrected chi connectivity index (χ0v) is 14.9. The molecule has 5 nitrogen and oxygen atoms in total. The average molecular weight is 343 g/mol. The summed E-state index contributed by atoms with van der Waals surface area (Å²) < 4.78 is 11.3. The summed E-state index contributed by atoms with van der Waals surface area (Å²) in [5.41, 5.74) is -0.495. The Morgan fingerprint density at radius 1 is 1.28 bits per heavy atom. The van der Waals surface area contributed by atoms with E-state index in [9.17, 15) is 15.2 Å². The number of hydrogen-bond acceptors (Lipinski definition) is 4. The number of nitriles is 1. The molecule has 134 valence electrons. The third-order valence-electron chi connectivity index (χ3n) is 5.83. The lowest BCUT2D eigenvalue weighted by atomic mass is 9.62. The summed E-state index contributed by atoms with van der Waals surface area (Å²) in [6.07, 6.45) is 4.50. The van der Waals surface area contributed by atoms with E-state index in [2.05, 4.69) is 6.07 Å². The highest BCUT2D eigenvalue weighted by Crippen LogP contribution is 2.48. The van der Waals surface area contributed by atoms with Crippen LogP contribution < -0.4 is 9.47 Å². The number of ether oxygens (including phenoxy) is 2. The Morgan fingerprint density at radius 2 is 1.96 bits per heavy atom. The second-order valence-electron chi connectivity index (χ2n) is 7.68. The Kier molecular flexibility index (Phi) is 4.64. The van der Waals surface area contributed by atoms with Crippen LogP contribution in [-0.2, 0) is 10.2 Å². The number of benzene rings is 1. The molecular formula is C20H25NO4. The van der Waals surface area contributed by atoms with Crippen LogP contribution in [0.2, 0.25) is 0 Å². The van der Waals surface area contributed by atoms with E-state index in [1.165, 1.54) is 12.8 Å². The lowest BCUT2D eigenvalue weighted by Crippen LogP contribution is -2.39. The molecule has 1 N–H and O–H groups in total. The van der Waals surface area contributed by atoms with Crippen molar-refractivity contribution < 1.29 is 19.4 Å². The quantitative estimate of drug-likeness (QED) is 0.847. The molecule has 0 saturated heterocycles. The molecular weight excluding hydrogens is 318 g/mol. The van der Waals surface area contributed by atoms with Crippen molar-refractivity contribution in [3.63, 3.8) is 0 Å². The largest absolute Gasteiger partial charge is 0.493 e. The number of carbonyl (C=O) groups is 1. The topological polar surface area (TPSA) is 79.5 Å². The second-order valence-corrected chi connectivity index (χ2v) is 7.68. The van der Waals surface area contributed by atoms with Gasteiger partial charge in [0.05, 0.1) is 30.6 Å². The summed E-state index contributed by atoms with van der Waals surface area (Å²) >= 11 is 0. The van der Waals surface area contributed by atoms with Gasteiger partial charge in [0.15, 0.2) is 11.5 Å². The fourth-order valence-electron chi connectivity index (χ4n) is 3.49. The lowest BCUT2D eigenvalue weighted by Gasteiger charge is -2.39. The molecule has 0 aliphatic heterocycles. The zero-order valence-electron chi connectivity index (χ0n) is 14.9. The maximum atomic E-state index is 11.5. The molecule has 3 rings (SSSR count). The van der Waals surface area contributed by atoms with Gasteiger partial charge in [0.1, 0.15) is 0 Å². The van der Waals surface area contributed by atoms with E-state index >= 15 is 0 Å². The van der Waals surface area contributed by atoms with Crippen LogP contribution in [0.3, 0.4) is 0 Å². The molecule has 5 heteroatoms. The molecule has 0 heterocycles. The van der Waals surface area contributed by atoms with Gasteiger partial charge in [0.25, 0.3) is 0 Å². The molecule has 0 radical (unpaired) electrons. The maximum Gasteiger partial charge on any atom is 0.309 e. The standard InChI is InChI=1S/C20H25NO4/c1-19(18(22)23)7-9-20(13-21,10-8-19)15-5-6-16(24-2)17(11-15)25-12-14-3-4-14/h5-6,11,14H,3-4,7-10,12H2,1-2H3,(H,22,23)/t19-,20-. The molecule has 2 fully saturated rings. The Bertz CT molecular complexity index is 694. The van der Waals surface area contributed by atoms with Crippen molar-refractivity contribution in [2.75, 3.05) is 13.7 Å². The first-order valence-corrected chi connectivity index (χ1v) is 8.88. The predicted octanol–water partition coefficient (Wildman–Crippen LogP) is 3.91. The van der Waals surface area contributed by atoms with Crippen LogP contribution in [0.1, 0.15) is 51.0 Å². The molecule has 0 spiro atoms. The second kappa shape index (κ2) is 6.59. The molecule has 1 aromatic rings. The van der Waals surface area contributed by atoms with E-state index in [0.29, 0.717) is 49.7 Å². The smallest absolute Gasteiger partial charge is 0.309 e. The maximum absolute atomic E-state index is 11.5. The number of nitrogens with zero attached hydrogens (tertiary/aromatic N) is 1.